The van der Waals surface area contributed by atoms with Gasteiger partial charge in [0.25, 0.3) is 0 Å². The van der Waals surface area contributed by atoms with Gasteiger partial charge < -0.3 is 15.5 Å². The molecular weight excluding hydrogens is 230 g/mol. The van der Waals surface area contributed by atoms with Gasteiger partial charge in [0.05, 0.1) is 12.5 Å². The summed E-state index contributed by atoms with van der Waals surface area (Å²) < 4.78 is 0. The van der Waals surface area contributed by atoms with Crippen LogP contribution in [0.5, 0.6) is 0 Å². The standard InChI is InChI=1S/C13H21N3O2/c1-2-5-15-12(17)8-11-13(18)16(7-6-14-11)9-10-3-4-10/h2,10-11,14H,1,3-9H2,(H,15,17). The Morgan fingerprint density at radius 2 is 2.33 bits per heavy atom. The van der Waals surface area contributed by atoms with Crippen molar-refractivity contribution in [2.75, 3.05) is 26.2 Å². The topological polar surface area (TPSA) is 61.4 Å². The van der Waals surface area contributed by atoms with Crippen molar-refractivity contribution >= 4 is 11.8 Å². The fourth-order valence-corrected chi connectivity index (χ4v) is 2.19. The van der Waals surface area contributed by atoms with E-state index in [2.05, 4.69) is 17.2 Å². The molecular formula is C13H21N3O2. The van der Waals surface area contributed by atoms with E-state index in [1.165, 1.54) is 12.8 Å². The number of hydrogen-bond acceptors (Lipinski definition) is 3. The van der Waals surface area contributed by atoms with Crippen LogP contribution >= 0.6 is 0 Å². The van der Waals surface area contributed by atoms with E-state index >= 15 is 0 Å². The average molecular weight is 251 g/mol. The van der Waals surface area contributed by atoms with Gasteiger partial charge in [-0.3, -0.25) is 9.59 Å². The van der Waals surface area contributed by atoms with Crippen LogP contribution in [0.25, 0.3) is 0 Å². The van der Waals surface area contributed by atoms with E-state index in [0.29, 0.717) is 12.5 Å². The summed E-state index contributed by atoms with van der Waals surface area (Å²) in [7, 11) is 0. The highest BCUT2D eigenvalue weighted by Gasteiger charge is 2.33. The van der Waals surface area contributed by atoms with Crippen LogP contribution in [0.3, 0.4) is 0 Å². The first kappa shape index (κ1) is 13.1. The van der Waals surface area contributed by atoms with Crippen molar-refractivity contribution < 1.29 is 9.59 Å². The number of nitrogens with one attached hydrogen (secondary N) is 2. The van der Waals surface area contributed by atoms with E-state index in [9.17, 15) is 9.59 Å². The Balaban J connectivity index is 1.81. The largest absolute Gasteiger partial charge is 0.353 e. The van der Waals surface area contributed by atoms with Crippen LogP contribution in [0.2, 0.25) is 0 Å². The number of carbonyl (C=O) groups is 2. The molecule has 2 rings (SSSR count). The Bertz CT molecular complexity index is 339. The highest BCUT2D eigenvalue weighted by Crippen LogP contribution is 2.30. The number of nitrogens with zero attached hydrogens (tertiary/aromatic N) is 1. The molecule has 2 N–H and O–H groups in total. The molecule has 0 bridgehead atoms. The Hall–Kier alpha value is -1.36. The van der Waals surface area contributed by atoms with E-state index in [1.807, 2.05) is 4.90 Å². The van der Waals surface area contributed by atoms with E-state index in [4.69, 9.17) is 0 Å². The van der Waals surface area contributed by atoms with E-state index < -0.39 is 0 Å². The van der Waals surface area contributed by atoms with Gasteiger partial charge in [-0.05, 0) is 18.8 Å². The number of amides is 2. The van der Waals surface area contributed by atoms with Crippen molar-refractivity contribution in [2.45, 2.75) is 25.3 Å². The summed E-state index contributed by atoms with van der Waals surface area (Å²) in [5.74, 6) is 0.665. The van der Waals surface area contributed by atoms with Crippen LogP contribution in [0.15, 0.2) is 12.7 Å². The molecule has 18 heavy (non-hydrogen) atoms. The van der Waals surface area contributed by atoms with Crippen LogP contribution in [-0.4, -0.2) is 48.9 Å². The number of hydrogen-bond donors (Lipinski definition) is 2. The minimum absolute atomic E-state index is 0.0712. The molecule has 5 nitrogen and oxygen atoms in total. The van der Waals surface area contributed by atoms with E-state index in [1.54, 1.807) is 6.08 Å². The molecule has 1 saturated carbocycles. The Kier molecular flexibility index (Phi) is 4.36. The zero-order valence-electron chi connectivity index (χ0n) is 10.7. The fourth-order valence-electron chi connectivity index (χ4n) is 2.19. The third-order valence-electron chi connectivity index (χ3n) is 3.39. The first-order valence-electron chi connectivity index (χ1n) is 6.60. The molecule has 0 spiro atoms. The second kappa shape index (κ2) is 6.00. The summed E-state index contributed by atoms with van der Waals surface area (Å²) in [6.45, 7) is 6.40. The Labute approximate surface area is 108 Å². The summed E-state index contributed by atoms with van der Waals surface area (Å²) in [5, 5.41) is 5.82. The maximum Gasteiger partial charge on any atom is 0.240 e. The van der Waals surface area contributed by atoms with Crippen LogP contribution < -0.4 is 10.6 Å². The molecule has 0 aromatic carbocycles. The summed E-state index contributed by atoms with van der Waals surface area (Å²) >= 11 is 0. The van der Waals surface area contributed by atoms with Gasteiger partial charge in [0.1, 0.15) is 0 Å². The third kappa shape index (κ3) is 3.57. The van der Waals surface area contributed by atoms with Gasteiger partial charge >= 0.3 is 0 Å². The monoisotopic (exact) mass is 251 g/mol. The predicted octanol–water partition coefficient (Wildman–Crippen LogP) is -0.111. The molecule has 1 atom stereocenters. The molecule has 5 heteroatoms. The summed E-state index contributed by atoms with van der Waals surface area (Å²) in [5.41, 5.74) is 0. The van der Waals surface area contributed by atoms with Gasteiger partial charge in [-0.25, -0.2) is 0 Å². The molecule has 0 aromatic heterocycles. The molecule has 1 aliphatic heterocycles. The van der Waals surface area contributed by atoms with E-state index in [-0.39, 0.29) is 24.3 Å². The van der Waals surface area contributed by atoms with E-state index in [0.717, 1.165) is 19.6 Å². The van der Waals surface area contributed by atoms with Crippen molar-refractivity contribution in [2.24, 2.45) is 5.92 Å². The SMILES string of the molecule is C=CCNC(=O)CC1NCCN(CC2CC2)C1=O. The van der Waals surface area contributed by atoms with Crippen molar-refractivity contribution in [1.29, 1.82) is 0 Å². The molecule has 2 aliphatic rings. The average Bonchev–Trinajstić information content (AvgIpc) is 3.16. The molecule has 0 aromatic rings. The Morgan fingerprint density at radius 3 is 3.00 bits per heavy atom. The zero-order valence-corrected chi connectivity index (χ0v) is 10.7. The minimum atomic E-state index is -0.359. The van der Waals surface area contributed by atoms with Crippen molar-refractivity contribution in [3.05, 3.63) is 12.7 Å². The van der Waals surface area contributed by atoms with Crippen molar-refractivity contribution in [3.63, 3.8) is 0 Å². The summed E-state index contributed by atoms with van der Waals surface area (Å²) in [6.07, 6.45) is 4.32. The lowest BCUT2D eigenvalue weighted by Gasteiger charge is -2.33. The minimum Gasteiger partial charge on any atom is -0.353 e. The number of carbonyl (C=O) groups excluding carboxylic acids is 2. The van der Waals surface area contributed by atoms with Crippen molar-refractivity contribution in [1.82, 2.24) is 15.5 Å². The van der Waals surface area contributed by atoms with Gasteiger partial charge in [0.15, 0.2) is 0 Å². The molecule has 1 heterocycles. The maximum atomic E-state index is 12.2. The fraction of sp³-hybridized carbons (Fsp3) is 0.692. The molecule has 2 amide bonds. The molecule has 1 saturated heterocycles. The second-order valence-corrected chi connectivity index (χ2v) is 5.03. The molecule has 0 radical (unpaired) electrons. The highest BCUT2D eigenvalue weighted by atomic mass is 16.2. The molecule has 2 fully saturated rings. The van der Waals surface area contributed by atoms with Crippen LogP contribution in [-0.2, 0) is 9.59 Å². The second-order valence-electron chi connectivity index (χ2n) is 5.03. The third-order valence-corrected chi connectivity index (χ3v) is 3.39. The van der Waals surface area contributed by atoms with Gasteiger partial charge in [0.2, 0.25) is 11.8 Å². The molecule has 1 unspecified atom stereocenters. The summed E-state index contributed by atoms with van der Waals surface area (Å²) in [4.78, 5) is 25.7. The normalized spacial score (nSPS) is 23.9. The molecule has 1 aliphatic carbocycles. The lowest BCUT2D eigenvalue weighted by Crippen LogP contribution is -2.56. The van der Waals surface area contributed by atoms with Crippen LogP contribution in [0, 0.1) is 5.92 Å². The van der Waals surface area contributed by atoms with Gasteiger partial charge in [-0.2, -0.15) is 0 Å². The lowest BCUT2D eigenvalue weighted by molar-refractivity contribution is -0.138. The lowest BCUT2D eigenvalue weighted by atomic mass is 10.1. The smallest absolute Gasteiger partial charge is 0.240 e. The highest BCUT2D eigenvalue weighted by molar-refractivity contribution is 5.89. The quantitative estimate of drug-likeness (QED) is 0.648. The summed E-state index contributed by atoms with van der Waals surface area (Å²) in [6, 6.07) is -0.359. The van der Waals surface area contributed by atoms with Crippen molar-refractivity contribution in [3.8, 4) is 0 Å². The van der Waals surface area contributed by atoms with Crippen LogP contribution in [0.1, 0.15) is 19.3 Å². The Morgan fingerprint density at radius 1 is 1.56 bits per heavy atom. The van der Waals surface area contributed by atoms with Crippen LogP contribution in [0.4, 0.5) is 0 Å². The maximum absolute atomic E-state index is 12.2. The van der Waals surface area contributed by atoms with Gasteiger partial charge in [0, 0.05) is 26.2 Å². The first-order valence-corrected chi connectivity index (χ1v) is 6.60. The number of rotatable bonds is 6. The predicted molar refractivity (Wildman–Crippen MR) is 68.9 cm³/mol. The first-order chi connectivity index (χ1) is 8.70. The molecule has 100 valence electrons. The van der Waals surface area contributed by atoms with Gasteiger partial charge in [-0.15, -0.1) is 6.58 Å². The zero-order chi connectivity index (χ0) is 13.0. The number of piperazine rings is 1. The van der Waals surface area contributed by atoms with Gasteiger partial charge in [-0.1, -0.05) is 6.08 Å².